The summed E-state index contributed by atoms with van der Waals surface area (Å²) in [4.78, 5) is 0. The summed E-state index contributed by atoms with van der Waals surface area (Å²) in [5, 5.41) is 7.92. The van der Waals surface area contributed by atoms with E-state index in [1.54, 1.807) is 11.6 Å². The molecule has 0 saturated carbocycles. The molecule has 0 atom stereocenters. The van der Waals surface area contributed by atoms with Crippen LogP contribution in [0.25, 0.3) is 11.4 Å². The minimum absolute atomic E-state index is 0.412. The first kappa shape index (κ1) is 10.1. The van der Waals surface area contributed by atoms with Gasteiger partial charge in [-0.15, -0.1) is 22.8 Å². The Bertz CT molecular complexity index is 510. The number of benzene rings is 1. The molecule has 0 spiro atoms. The zero-order chi connectivity index (χ0) is 11.0. The minimum Gasteiger partial charge on any atom is -0.305 e. The normalized spacial score (nSPS) is 10.7. The average Bonchev–Trinajstić information content (AvgIpc) is 2.53. The molecule has 2 aromatic rings. The minimum atomic E-state index is -0.906. The summed E-state index contributed by atoms with van der Waals surface area (Å²) in [5.41, 5.74) is 0.462. The number of thiol groups is 1. The Balaban J connectivity index is 2.55. The Morgan fingerprint density at radius 1 is 1.20 bits per heavy atom. The van der Waals surface area contributed by atoms with E-state index < -0.39 is 11.6 Å². The molecule has 78 valence electrons. The van der Waals surface area contributed by atoms with E-state index >= 15 is 0 Å². The molecule has 0 fully saturated rings. The first-order valence-corrected chi connectivity index (χ1v) is 4.58. The Kier molecular flexibility index (Phi) is 2.44. The van der Waals surface area contributed by atoms with Crippen molar-refractivity contribution in [1.29, 1.82) is 0 Å². The van der Waals surface area contributed by atoms with Crippen molar-refractivity contribution in [3.05, 3.63) is 29.8 Å². The van der Waals surface area contributed by atoms with Crippen LogP contribution < -0.4 is 0 Å². The van der Waals surface area contributed by atoms with Gasteiger partial charge < -0.3 is 4.57 Å². The van der Waals surface area contributed by atoms with Crippen molar-refractivity contribution in [3.8, 4) is 11.4 Å². The molecule has 0 bridgehead atoms. The maximum absolute atomic E-state index is 13.0. The summed E-state index contributed by atoms with van der Waals surface area (Å²) in [5.74, 6) is -1.35. The van der Waals surface area contributed by atoms with E-state index in [0.29, 0.717) is 16.5 Å². The fourth-order valence-corrected chi connectivity index (χ4v) is 1.35. The zero-order valence-electron chi connectivity index (χ0n) is 7.78. The molecule has 0 saturated heterocycles. The fourth-order valence-electron chi connectivity index (χ4n) is 1.21. The molecule has 0 N–H and O–H groups in total. The van der Waals surface area contributed by atoms with Gasteiger partial charge in [-0.25, -0.2) is 8.78 Å². The first-order valence-electron chi connectivity index (χ1n) is 4.13. The summed E-state index contributed by atoms with van der Waals surface area (Å²) in [6, 6.07) is 3.57. The molecular weight excluding hydrogens is 220 g/mol. The Morgan fingerprint density at radius 2 is 1.93 bits per heavy atom. The lowest BCUT2D eigenvalue weighted by Crippen LogP contribution is -1.94. The van der Waals surface area contributed by atoms with Crippen molar-refractivity contribution in [2.75, 3.05) is 0 Å². The summed E-state index contributed by atoms with van der Waals surface area (Å²) in [6.45, 7) is 0. The van der Waals surface area contributed by atoms with Gasteiger partial charge in [-0.05, 0) is 18.2 Å². The van der Waals surface area contributed by atoms with Gasteiger partial charge in [-0.2, -0.15) is 0 Å². The highest BCUT2D eigenvalue weighted by Crippen LogP contribution is 2.20. The van der Waals surface area contributed by atoms with Crippen LogP contribution in [0, 0.1) is 11.6 Å². The van der Waals surface area contributed by atoms with E-state index in [0.717, 1.165) is 12.1 Å². The van der Waals surface area contributed by atoms with Crippen LogP contribution in [-0.4, -0.2) is 14.8 Å². The van der Waals surface area contributed by atoms with E-state index in [9.17, 15) is 8.78 Å². The molecule has 0 aliphatic carbocycles. The highest BCUT2D eigenvalue weighted by atomic mass is 32.1. The highest BCUT2D eigenvalue weighted by molar-refractivity contribution is 7.80. The fraction of sp³-hybridized carbons (Fsp3) is 0.111. The topological polar surface area (TPSA) is 30.7 Å². The van der Waals surface area contributed by atoms with Crippen LogP contribution in [0.15, 0.2) is 23.4 Å². The molecule has 1 aromatic carbocycles. The number of aromatic nitrogens is 3. The maximum Gasteiger partial charge on any atom is 0.188 e. The van der Waals surface area contributed by atoms with Crippen molar-refractivity contribution in [3.63, 3.8) is 0 Å². The second-order valence-corrected chi connectivity index (χ2v) is 3.41. The van der Waals surface area contributed by atoms with Gasteiger partial charge in [-0.3, -0.25) is 0 Å². The van der Waals surface area contributed by atoms with Crippen LogP contribution >= 0.6 is 12.6 Å². The standard InChI is InChI=1S/C9H7F2N3S/c1-14-8(12-13-9(14)15)5-2-3-6(10)7(11)4-5/h2-4H,1H3,(H,13,15). The van der Waals surface area contributed by atoms with Crippen LogP contribution in [-0.2, 0) is 7.05 Å². The van der Waals surface area contributed by atoms with Gasteiger partial charge in [0.15, 0.2) is 22.6 Å². The lowest BCUT2D eigenvalue weighted by atomic mass is 10.2. The monoisotopic (exact) mass is 227 g/mol. The second-order valence-electron chi connectivity index (χ2n) is 3.01. The van der Waals surface area contributed by atoms with Gasteiger partial charge in [0, 0.05) is 12.6 Å². The number of hydrogen-bond donors (Lipinski definition) is 1. The third-order valence-electron chi connectivity index (χ3n) is 2.03. The predicted molar refractivity (Wildman–Crippen MR) is 53.6 cm³/mol. The van der Waals surface area contributed by atoms with Gasteiger partial charge in [0.25, 0.3) is 0 Å². The SMILES string of the molecule is Cn1c(S)nnc1-c1ccc(F)c(F)c1. The summed E-state index contributed by atoms with van der Waals surface area (Å²) < 4.78 is 27.2. The molecule has 2 rings (SSSR count). The second kappa shape index (κ2) is 3.62. The Labute approximate surface area is 90.2 Å². The van der Waals surface area contributed by atoms with E-state index in [2.05, 4.69) is 22.8 Å². The quantitative estimate of drug-likeness (QED) is 0.756. The van der Waals surface area contributed by atoms with E-state index in [1.807, 2.05) is 0 Å². The van der Waals surface area contributed by atoms with Crippen LogP contribution in [0.3, 0.4) is 0 Å². The Morgan fingerprint density at radius 3 is 2.47 bits per heavy atom. The molecular formula is C9H7F2N3S. The lowest BCUT2D eigenvalue weighted by Gasteiger charge is -2.01. The predicted octanol–water partition coefficient (Wildman–Crippen LogP) is 2.05. The summed E-state index contributed by atoms with van der Waals surface area (Å²) in [7, 11) is 1.69. The van der Waals surface area contributed by atoms with Crippen molar-refractivity contribution in [2.45, 2.75) is 5.16 Å². The third kappa shape index (κ3) is 1.72. The van der Waals surface area contributed by atoms with Crippen LogP contribution in [0.5, 0.6) is 0 Å². The van der Waals surface area contributed by atoms with Crippen LogP contribution in [0.2, 0.25) is 0 Å². The third-order valence-corrected chi connectivity index (χ3v) is 2.42. The smallest absolute Gasteiger partial charge is 0.188 e. The number of halogens is 2. The molecule has 1 aromatic heterocycles. The molecule has 0 aliphatic rings. The van der Waals surface area contributed by atoms with Crippen molar-refractivity contribution >= 4 is 12.6 Å². The zero-order valence-corrected chi connectivity index (χ0v) is 8.67. The molecule has 6 heteroatoms. The van der Waals surface area contributed by atoms with E-state index in [1.165, 1.54) is 6.07 Å². The van der Waals surface area contributed by atoms with Crippen molar-refractivity contribution < 1.29 is 8.78 Å². The Hall–Kier alpha value is -1.43. The van der Waals surface area contributed by atoms with Gasteiger partial charge in [0.05, 0.1) is 0 Å². The van der Waals surface area contributed by atoms with Crippen molar-refractivity contribution in [2.24, 2.45) is 7.05 Å². The molecule has 15 heavy (non-hydrogen) atoms. The van der Waals surface area contributed by atoms with Gasteiger partial charge >= 0.3 is 0 Å². The molecule has 0 unspecified atom stereocenters. The summed E-state index contributed by atoms with van der Waals surface area (Å²) >= 11 is 4.04. The molecule has 0 radical (unpaired) electrons. The maximum atomic E-state index is 13.0. The number of nitrogens with zero attached hydrogens (tertiary/aromatic N) is 3. The number of rotatable bonds is 1. The van der Waals surface area contributed by atoms with Crippen molar-refractivity contribution in [1.82, 2.24) is 14.8 Å². The molecule has 0 aliphatic heterocycles. The first-order chi connectivity index (χ1) is 7.09. The summed E-state index contributed by atoms with van der Waals surface area (Å²) in [6.07, 6.45) is 0. The molecule has 3 nitrogen and oxygen atoms in total. The van der Waals surface area contributed by atoms with Gasteiger partial charge in [0.2, 0.25) is 0 Å². The average molecular weight is 227 g/mol. The number of hydrogen-bond acceptors (Lipinski definition) is 3. The van der Waals surface area contributed by atoms with E-state index in [4.69, 9.17) is 0 Å². The van der Waals surface area contributed by atoms with Gasteiger partial charge in [0.1, 0.15) is 0 Å². The molecule has 0 amide bonds. The lowest BCUT2D eigenvalue weighted by molar-refractivity contribution is 0.509. The largest absolute Gasteiger partial charge is 0.305 e. The van der Waals surface area contributed by atoms with E-state index in [-0.39, 0.29) is 0 Å². The van der Waals surface area contributed by atoms with Crippen LogP contribution in [0.4, 0.5) is 8.78 Å². The van der Waals surface area contributed by atoms with Crippen LogP contribution in [0.1, 0.15) is 0 Å². The molecule has 1 heterocycles. The van der Waals surface area contributed by atoms with Gasteiger partial charge in [-0.1, -0.05) is 0 Å². The highest BCUT2D eigenvalue weighted by Gasteiger charge is 2.10.